The van der Waals surface area contributed by atoms with E-state index in [1.54, 1.807) is 13.2 Å². The highest BCUT2D eigenvalue weighted by Gasteiger charge is 2.10. The zero-order valence-electron chi connectivity index (χ0n) is 13.1. The van der Waals surface area contributed by atoms with Gasteiger partial charge in [0.25, 0.3) is 5.91 Å². The summed E-state index contributed by atoms with van der Waals surface area (Å²) >= 11 is 1.50. The van der Waals surface area contributed by atoms with Gasteiger partial charge in [-0.05, 0) is 41.8 Å². The number of fused-ring (bicyclic) bond motifs is 1. The second-order valence-corrected chi connectivity index (χ2v) is 6.29. The molecule has 0 saturated heterocycles. The summed E-state index contributed by atoms with van der Waals surface area (Å²) in [6.45, 7) is 2.61. The second-order valence-electron chi connectivity index (χ2n) is 5.26. The lowest BCUT2D eigenvalue weighted by Gasteiger charge is -2.04. The maximum atomic E-state index is 12.4. The van der Waals surface area contributed by atoms with Gasteiger partial charge in [0, 0.05) is 12.7 Å². The van der Waals surface area contributed by atoms with E-state index >= 15 is 0 Å². The van der Waals surface area contributed by atoms with Gasteiger partial charge in [0.05, 0.1) is 16.8 Å². The molecule has 4 nitrogen and oxygen atoms in total. The minimum absolute atomic E-state index is 0.155. The summed E-state index contributed by atoms with van der Waals surface area (Å²) in [5.41, 5.74) is 3.76. The number of aromatic nitrogens is 1. The standard InChI is InChI=1S/C18H18N2O2S/c1-3-12-7-8-15-16(10-12)23-18(19-15)20-17(21)14-6-4-5-13(9-14)11-22-2/h4-10H,3,11H2,1-2H3,(H,19,20,21). The molecule has 0 radical (unpaired) electrons. The van der Waals surface area contributed by atoms with Gasteiger partial charge in [-0.3, -0.25) is 10.1 Å². The SMILES string of the molecule is CCc1ccc2nc(NC(=O)c3cccc(COC)c3)sc2c1. The number of anilines is 1. The quantitative estimate of drug-likeness (QED) is 0.762. The van der Waals surface area contributed by atoms with E-state index in [0.717, 1.165) is 22.2 Å². The van der Waals surface area contributed by atoms with Gasteiger partial charge < -0.3 is 4.74 Å². The molecule has 0 unspecified atom stereocenters. The molecule has 1 aromatic heterocycles. The lowest BCUT2D eigenvalue weighted by molar-refractivity contribution is 0.102. The number of nitrogens with zero attached hydrogens (tertiary/aromatic N) is 1. The van der Waals surface area contributed by atoms with Crippen molar-refractivity contribution in [1.29, 1.82) is 0 Å². The van der Waals surface area contributed by atoms with E-state index < -0.39 is 0 Å². The Morgan fingerprint density at radius 2 is 2.09 bits per heavy atom. The molecular weight excluding hydrogens is 308 g/mol. The number of benzene rings is 2. The molecule has 0 aliphatic carbocycles. The van der Waals surface area contributed by atoms with Crippen molar-refractivity contribution < 1.29 is 9.53 Å². The lowest BCUT2D eigenvalue weighted by atomic mass is 10.1. The summed E-state index contributed by atoms with van der Waals surface area (Å²) < 4.78 is 6.19. The zero-order valence-corrected chi connectivity index (χ0v) is 13.9. The number of rotatable bonds is 5. The average Bonchev–Trinajstić information content (AvgIpc) is 2.96. The predicted molar refractivity (Wildman–Crippen MR) is 94.1 cm³/mol. The van der Waals surface area contributed by atoms with Crippen LogP contribution in [0.4, 0.5) is 5.13 Å². The zero-order chi connectivity index (χ0) is 16.2. The fourth-order valence-electron chi connectivity index (χ4n) is 2.38. The third kappa shape index (κ3) is 3.57. The number of hydrogen-bond donors (Lipinski definition) is 1. The lowest BCUT2D eigenvalue weighted by Crippen LogP contribution is -2.11. The van der Waals surface area contributed by atoms with Crippen LogP contribution in [0.2, 0.25) is 0 Å². The van der Waals surface area contributed by atoms with Crippen LogP contribution in [0.1, 0.15) is 28.4 Å². The number of nitrogens with one attached hydrogen (secondary N) is 1. The summed E-state index contributed by atoms with van der Waals surface area (Å²) in [5, 5.41) is 3.50. The smallest absolute Gasteiger partial charge is 0.257 e. The molecule has 0 saturated carbocycles. The van der Waals surface area contributed by atoms with E-state index in [1.165, 1.54) is 16.9 Å². The molecule has 3 aromatic rings. The van der Waals surface area contributed by atoms with E-state index in [-0.39, 0.29) is 5.91 Å². The first-order valence-electron chi connectivity index (χ1n) is 7.48. The van der Waals surface area contributed by atoms with Crippen molar-refractivity contribution in [3.8, 4) is 0 Å². The van der Waals surface area contributed by atoms with E-state index in [1.807, 2.05) is 24.3 Å². The third-order valence-corrected chi connectivity index (χ3v) is 4.52. The maximum absolute atomic E-state index is 12.4. The molecule has 2 aromatic carbocycles. The number of hydrogen-bond acceptors (Lipinski definition) is 4. The molecular formula is C18H18N2O2S. The molecule has 0 aliphatic rings. The molecule has 5 heteroatoms. The summed E-state index contributed by atoms with van der Waals surface area (Å²) in [7, 11) is 1.64. The number of carbonyl (C=O) groups is 1. The Labute approximate surface area is 139 Å². The Balaban J connectivity index is 1.80. The first-order valence-corrected chi connectivity index (χ1v) is 8.30. The van der Waals surface area contributed by atoms with Crippen LogP contribution >= 0.6 is 11.3 Å². The molecule has 118 valence electrons. The van der Waals surface area contributed by atoms with Crippen LogP contribution in [-0.2, 0) is 17.8 Å². The van der Waals surface area contributed by atoms with Gasteiger partial charge in [-0.15, -0.1) is 0 Å². The highest BCUT2D eigenvalue weighted by molar-refractivity contribution is 7.22. The highest BCUT2D eigenvalue weighted by atomic mass is 32.1. The number of amides is 1. The van der Waals surface area contributed by atoms with E-state index in [4.69, 9.17) is 4.74 Å². The Bertz CT molecular complexity index is 842. The monoisotopic (exact) mass is 326 g/mol. The number of ether oxygens (including phenoxy) is 1. The fourth-order valence-corrected chi connectivity index (χ4v) is 3.31. The molecule has 0 spiro atoms. The van der Waals surface area contributed by atoms with Crippen molar-refractivity contribution >= 4 is 32.6 Å². The number of aryl methyl sites for hydroxylation is 1. The summed E-state index contributed by atoms with van der Waals surface area (Å²) in [5.74, 6) is -0.155. The molecule has 0 fully saturated rings. The molecule has 23 heavy (non-hydrogen) atoms. The molecule has 1 heterocycles. The first-order chi connectivity index (χ1) is 11.2. The fraction of sp³-hybridized carbons (Fsp3) is 0.222. The molecule has 0 atom stereocenters. The van der Waals surface area contributed by atoms with Crippen LogP contribution in [0, 0.1) is 0 Å². The molecule has 0 bridgehead atoms. The molecule has 0 aliphatic heterocycles. The maximum Gasteiger partial charge on any atom is 0.257 e. The van der Waals surface area contributed by atoms with Crippen molar-refractivity contribution in [2.24, 2.45) is 0 Å². The van der Waals surface area contributed by atoms with Crippen LogP contribution in [0.15, 0.2) is 42.5 Å². The predicted octanol–water partition coefficient (Wildman–Crippen LogP) is 4.26. The van der Waals surface area contributed by atoms with Gasteiger partial charge in [-0.25, -0.2) is 4.98 Å². The van der Waals surface area contributed by atoms with Gasteiger partial charge in [0.2, 0.25) is 0 Å². The largest absolute Gasteiger partial charge is 0.380 e. The van der Waals surface area contributed by atoms with Crippen molar-refractivity contribution in [3.05, 3.63) is 59.2 Å². The Morgan fingerprint density at radius 3 is 2.87 bits per heavy atom. The normalized spacial score (nSPS) is 10.9. The number of methoxy groups -OCH3 is 1. The summed E-state index contributed by atoms with van der Waals surface area (Å²) in [6, 6.07) is 13.6. The van der Waals surface area contributed by atoms with E-state index in [2.05, 4.69) is 29.4 Å². The van der Waals surface area contributed by atoms with Gasteiger partial charge in [-0.2, -0.15) is 0 Å². The van der Waals surface area contributed by atoms with Crippen LogP contribution in [-0.4, -0.2) is 18.0 Å². The molecule has 1 amide bonds. The Hall–Kier alpha value is -2.24. The van der Waals surface area contributed by atoms with Crippen molar-refractivity contribution in [3.63, 3.8) is 0 Å². The van der Waals surface area contributed by atoms with Gasteiger partial charge in [0.1, 0.15) is 0 Å². The van der Waals surface area contributed by atoms with Crippen LogP contribution in [0.25, 0.3) is 10.2 Å². The van der Waals surface area contributed by atoms with Crippen LogP contribution in [0.5, 0.6) is 0 Å². The number of carbonyl (C=O) groups excluding carboxylic acids is 1. The van der Waals surface area contributed by atoms with Gasteiger partial charge in [-0.1, -0.05) is 36.5 Å². The third-order valence-electron chi connectivity index (χ3n) is 3.58. The molecule has 1 N–H and O–H groups in total. The van der Waals surface area contributed by atoms with Gasteiger partial charge >= 0.3 is 0 Å². The Kier molecular flexibility index (Phi) is 4.69. The summed E-state index contributed by atoms with van der Waals surface area (Å²) in [4.78, 5) is 16.9. The molecule has 3 rings (SSSR count). The second kappa shape index (κ2) is 6.89. The van der Waals surface area contributed by atoms with Crippen molar-refractivity contribution in [2.75, 3.05) is 12.4 Å². The van der Waals surface area contributed by atoms with E-state index in [9.17, 15) is 4.79 Å². The topological polar surface area (TPSA) is 51.2 Å². The van der Waals surface area contributed by atoms with E-state index in [0.29, 0.717) is 17.3 Å². The van der Waals surface area contributed by atoms with Crippen LogP contribution < -0.4 is 5.32 Å². The van der Waals surface area contributed by atoms with Crippen LogP contribution in [0.3, 0.4) is 0 Å². The minimum Gasteiger partial charge on any atom is -0.380 e. The summed E-state index contributed by atoms with van der Waals surface area (Å²) in [6.07, 6.45) is 0.988. The Morgan fingerprint density at radius 1 is 1.22 bits per heavy atom. The van der Waals surface area contributed by atoms with Gasteiger partial charge in [0.15, 0.2) is 5.13 Å². The number of thiazole rings is 1. The van der Waals surface area contributed by atoms with Crippen molar-refractivity contribution in [1.82, 2.24) is 4.98 Å². The first kappa shape index (κ1) is 15.6. The minimum atomic E-state index is -0.155. The van der Waals surface area contributed by atoms with Crippen molar-refractivity contribution in [2.45, 2.75) is 20.0 Å². The average molecular weight is 326 g/mol. The highest BCUT2D eigenvalue weighted by Crippen LogP contribution is 2.27.